The van der Waals surface area contributed by atoms with E-state index >= 15 is 0 Å². The van der Waals surface area contributed by atoms with Crippen molar-refractivity contribution in [3.8, 4) is 29.0 Å². The lowest BCUT2D eigenvalue weighted by Crippen LogP contribution is -2.10. The quantitative estimate of drug-likeness (QED) is 0.175. The second kappa shape index (κ2) is 13.8. The van der Waals surface area contributed by atoms with Crippen molar-refractivity contribution in [1.29, 1.82) is 0 Å². The maximum Gasteiger partial charge on any atom is 0.240 e. The molecule has 334 valence electrons. The van der Waals surface area contributed by atoms with Gasteiger partial charge in [0.2, 0.25) is 11.9 Å². The number of furan rings is 3. The molecule has 0 bridgehead atoms. The zero-order valence-corrected chi connectivity index (χ0v) is 38.0. The van der Waals surface area contributed by atoms with E-state index in [0.717, 1.165) is 142 Å². The molecule has 7 heterocycles. The van der Waals surface area contributed by atoms with Gasteiger partial charge in [0.15, 0.2) is 22.6 Å². The van der Waals surface area contributed by atoms with Gasteiger partial charge in [0.1, 0.15) is 27.8 Å². The summed E-state index contributed by atoms with van der Waals surface area (Å²) in [6, 6.07) is 71.7. The van der Waals surface area contributed by atoms with Crippen LogP contribution in [0.5, 0.6) is 0 Å². The molecule has 17 rings (SSSR count). The minimum Gasteiger partial charge on any atom is -0.454 e. The van der Waals surface area contributed by atoms with Gasteiger partial charge in [-0.1, -0.05) is 127 Å². The van der Waals surface area contributed by atoms with Gasteiger partial charge >= 0.3 is 0 Å². The predicted molar refractivity (Wildman–Crippen MR) is 290 cm³/mol. The first kappa shape index (κ1) is 37.9. The molecule has 7 aromatic heterocycles. The lowest BCUT2D eigenvalue weighted by Gasteiger charge is -2.13. The average molecular weight is 923 g/mol. The van der Waals surface area contributed by atoms with Crippen molar-refractivity contribution in [3.05, 3.63) is 206 Å². The molecular formula is C63H34N6O3. The van der Waals surface area contributed by atoms with Crippen molar-refractivity contribution in [1.82, 2.24) is 28.7 Å². The van der Waals surface area contributed by atoms with Crippen LogP contribution in [0.15, 0.2) is 220 Å². The second-order valence-electron chi connectivity index (χ2n) is 18.7. The molecule has 0 fully saturated rings. The Morgan fingerprint density at radius 3 is 1.01 bits per heavy atom. The summed E-state index contributed by atoms with van der Waals surface area (Å²) in [4.78, 5) is 16.5. The summed E-state index contributed by atoms with van der Waals surface area (Å²) in [5, 5.41) is 12.8. The Labute approximate surface area is 406 Å². The number of nitrogens with zero attached hydrogens (tertiary/aromatic N) is 6. The number of hydrogen-bond acceptors (Lipinski definition) is 6. The number of para-hydroxylation sites is 6. The molecule has 0 saturated heterocycles. The summed E-state index contributed by atoms with van der Waals surface area (Å²) in [5.74, 6) is 1.42. The van der Waals surface area contributed by atoms with Crippen molar-refractivity contribution in [2.45, 2.75) is 0 Å². The van der Waals surface area contributed by atoms with Gasteiger partial charge in [0.05, 0.1) is 22.1 Å². The van der Waals surface area contributed by atoms with Crippen LogP contribution < -0.4 is 0 Å². The Morgan fingerprint density at radius 1 is 0.264 bits per heavy atom. The van der Waals surface area contributed by atoms with Crippen LogP contribution in [0.3, 0.4) is 0 Å². The smallest absolute Gasteiger partial charge is 0.240 e. The van der Waals surface area contributed by atoms with E-state index in [2.05, 4.69) is 184 Å². The molecule has 9 heteroatoms. The molecule has 0 saturated carbocycles. The zero-order valence-electron chi connectivity index (χ0n) is 38.0. The van der Waals surface area contributed by atoms with E-state index < -0.39 is 0 Å². The van der Waals surface area contributed by atoms with Crippen LogP contribution in [0.1, 0.15) is 0 Å². The number of aromatic nitrogens is 6. The van der Waals surface area contributed by atoms with E-state index in [1.54, 1.807) is 0 Å². The molecule has 0 unspecified atom stereocenters. The highest BCUT2D eigenvalue weighted by Crippen LogP contribution is 2.44. The SMILES string of the molecule is c1ccc2c(c1)oc1c2ccc2c3ccccc3n(-c3ccc(-c4nc(-n5c6ccccc6c6ccc7c8ccccc8oc7c65)nc(-n5c6ccccc6c6ccc7c8ccccc8oc7c65)n4)cc3)c21. The fourth-order valence-electron chi connectivity index (χ4n) is 11.8. The van der Waals surface area contributed by atoms with E-state index in [-0.39, 0.29) is 0 Å². The molecule has 0 N–H and O–H groups in total. The van der Waals surface area contributed by atoms with Gasteiger partial charge in [-0.3, -0.25) is 9.13 Å². The van der Waals surface area contributed by atoms with Gasteiger partial charge in [-0.05, 0) is 78.9 Å². The second-order valence-corrected chi connectivity index (χ2v) is 18.7. The summed E-state index contributed by atoms with van der Waals surface area (Å²) < 4.78 is 26.9. The van der Waals surface area contributed by atoms with Crippen molar-refractivity contribution < 1.29 is 13.3 Å². The van der Waals surface area contributed by atoms with E-state index in [0.29, 0.717) is 17.7 Å². The molecule has 10 aromatic carbocycles. The van der Waals surface area contributed by atoms with Gasteiger partial charge in [-0.25, -0.2) is 0 Å². The van der Waals surface area contributed by atoms with Crippen LogP contribution in [0, 0.1) is 0 Å². The number of hydrogen-bond donors (Lipinski definition) is 0. The third-order valence-corrected chi connectivity index (χ3v) is 14.9. The van der Waals surface area contributed by atoms with Gasteiger partial charge in [0.25, 0.3) is 0 Å². The first-order valence-electron chi connectivity index (χ1n) is 24.1. The molecular weight excluding hydrogens is 889 g/mol. The van der Waals surface area contributed by atoms with Crippen molar-refractivity contribution in [2.75, 3.05) is 0 Å². The van der Waals surface area contributed by atoms with E-state index in [1.807, 2.05) is 36.4 Å². The van der Waals surface area contributed by atoms with Crippen LogP contribution in [0.2, 0.25) is 0 Å². The fraction of sp³-hybridized carbons (Fsp3) is 0. The molecule has 0 atom stereocenters. The van der Waals surface area contributed by atoms with E-state index in [1.165, 1.54) is 0 Å². The van der Waals surface area contributed by atoms with Crippen molar-refractivity contribution in [3.63, 3.8) is 0 Å². The molecule has 0 aliphatic carbocycles. The summed E-state index contributed by atoms with van der Waals surface area (Å²) in [6.45, 7) is 0. The maximum absolute atomic E-state index is 6.80. The maximum atomic E-state index is 6.80. The number of fused-ring (bicyclic) bond motifs is 21. The average Bonchev–Trinajstić information content (AvgIpc) is 4.29. The summed E-state index contributed by atoms with van der Waals surface area (Å²) in [5.41, 5.74) is 12.5. The molecule has 0 aliphatic rings. The van der Waals surface area contributed by atoms with Crippen molar-refractivity contribution >= 4 is 131 Å². The van der Waals surface area contributed by atoms with Crippen LogP contribution in [0.4, 0.5) is 0 Å². The summed E-state index contributed by atoms with van der Waals surface area (Å²) in [7, 11) is 0. The standard InChI is InChI=1S/C63H34N6O3/c1-7-19-49-37(13-1)43-29-32-46-40-16-4-10-22-52(40)70-58(46)55(43)67(49)36-27-25-35(26-28-36)61-64-62(68-50-20-8-2-14-38(50)44-30-33-47-41-17-5-11-23-53(41)71-59(47)56(44)68)66-63(65-61)69-51-21-9-3-15-39(51)45-31-34-48-42-18-6-12-24-54(42)72-60(48)57(45)69/h1-34H. The lowest BCUT2D eigenvalue weighted by molar-refractivity contribution is 0.670. The minimum atomic E-state index is 0.454. The van der Waals surface area contributed by atoms with Crippen molar-refractivity contribution in [2.24, 2.45) is 0 Å². The first-order chi connectivity index (χ1) is 35.7. The monoisotopic (exact) mass is 922 g/mol. The molecule has 0 aliphatic heterocycles. The highest BCUT2D eigenvalue weighted by molar-refractivity contribution is 6.24. The van der Waals surface area contributed by atoms with Crippen LogP contribution >= 0.6 is 0 Å². The Balaban J connectivity index is 0.959. The van der Waals surface area contributed by atoms with E-state index in [9.17, 15) is 0 Å². The molecule has 0 amide bonds. The van der Waals surface area contributed by atoms with Gasteiger partial charge < -0.3 is 17.8 Å². The lowest BCUT2D eigenvalue weighted by atomic mass is 10.1. The third kappa shape index (κ3) is 4.97. The molecule has 0 radical (unpaired) electrons. The van der Waals surface area contributed by atoms with Gasteiger partial charge in [-0.15, -0.1) is 0 Å². The highest BCUT2D eigenvalue weighted by atomic mass is 16.3. The molecule has 9 nitrogen and oxygen atoms in total. The normalized spacial score (nSPS) is 12.4. The Morgan fingerprint density at radius 2 is 0.597 bits per heavy atom. The molecule has 72 heavy (non-hydrogen) atoms. The Kier molecular flexibility index (Phi) is 7.29. The highest BCUT2D eigenvalue weighted by Gasteiger charge is 2.26. The fourth-order valence-corrected chi connectivity index (χ4v) is 11.8. The minimum absolute atomic E-state index is 0.454. The van der Waals surface area contributed by atoms with Gasteiger partial charge in [0, 0.05) is 75.9 Å². The topological polar surface area (TPSA) is 92.9 Å². The number of rotatable bonds is 4. The first-order valence-corrected chi connectivity index (χ1v) is 24.1. The largest absolute Gasteiger partial charge is 0.454 e. The molecule has 17 aromatic rings. The zero-order chi connectivity index (χ0) is 46.8. The van der Waals surface area contributed by atoms with Crippen LogP contribution in [-0.4, -0.2) is 28.7 Å². The summed E-state index contributed by atoms with van der Waals surface area (Å²) >= 11 is 0. The van der Waals surface area contributed by atoms with Crippen LogP contribution in [-0.2, 0) is 0 Å². The Bertz CT molecular complexity index is 4970. The predicted octanol–water partition coefficient (Wildman–Crippen LogP) is 16.5. The van der Waals surface area contributed by atoms with Gasteiger partial charge in [-0.2, -0.15) is 15.0 Å². The number of benzene rings is 10. The Hall–Kier alpha value is -9.99. The van der Waals surface area contributed by atoms with Crippen LogP contribution in [0.25, 0.3) is 160 Å². The van der Waals surface area contributed by atoms with E-state index in [4.69, 9.17) is 28.2 Å². The summed E-state index contributed by atoms with van der Waals surface area (Å²) in [6.07, 6.45) is 0. The molecule has 0 spiro atoms. The third-order valence-electron chi connectivity index (χ3n) is 14.9.